The number of piperazine rings is 1. The van der Waals surface area contributed by atoms with Gasteiger partial charge in [0.25, 0.3) is 5.91 Å². The summed E-state index contributed by atoms with van der Waals surface area (Å²) in [6.45, 7) is 11.1. The number of para-hydroxylation sites is 1. The zero-order valence-corrected chi connectivity index (χ0v) is 28.6. The molecule has 6 aliphatic heterocycles. The van der Waals surface area contributed by atoms with Crippen molar-refractivity contribution in [3.63, 3.8) is 0 Å². The van der Waals surface area contributed by atoms with Crippen LogP contribution in [0.2, 0.25) is 0 Å². The van der Waals surface area contributed by atoms with Gasteiger partial charge in [-0.25, -0.2) is 0 Å². The van der Waals surface area contributed by atoms with Gasteiger partial charge in [0.1, 0.15) is 11.8 Å². The van der Waals surface area contributed by atoms with Gasteiger partial charge in [-0.1, -0.05) is 18.2 Å². The molecule has 3 amide bonds. The Hall–Kier alpha value is -4.75. The van der Waals surface area contributed by atoms with E-state index >= 15 is 0 Å². The van der Waals surface area contributed by atoms with Gasteiger partial charge in [-0.05, 0) is 60.1 Å². The summed E-state index contributed by atoms with van der Waals surface area (Å²) in [5.74, 6) is 3.37. The molecule has 2 unspecified atom stereocenters. The molecule has 13 heteroatoms. The van der Waals surface area contributed by atoms with Crippen LogP contribution in [0.25, 0.3) is 11.3 Å². The molecule has 7 aliphatic rings. The zero-order valence-electron chi connectivity index (χ0n) is 28.6. The van der Waals surface area contributed by atoms with Gasteiger partial charge in [0.05, 0.1) is 17.4 Å². The van der Waals surface area contributed by atoms with Crippen LogP contribution in [-0.4, -0.2) is 125 Å². The van der Waals surface area contributed by atoms with E-state index < -0.39 is 6.04 Å². The number of phenolic OH excluding ortho intramolecular Hbond substituents is 1. The lowest BCUT2D eigenvalue weighted by atomic mass is 9.97. The van der Waals surface area contributed by atoms with Crippen molar-refractivity contribution in [1.82, 2.24) is 30.2 Å². The third kappa shape index (κ3) is 5.40. The fourth-order valence-electron chi connectivity index (χ4n) is 9.80. The highest BCUT2D eigenvalue weighted by molar-refractivity contribution is 6.05. The second kappa shape index (κ2) is 11.9. The fourth-order valence-corrected chi connectivity index (χ4v) is 9.80. The normalized spacial score (nSPS) is 28.8. The van der Waals surface area contributed by atoms with E-state index in [4.69, 9.17) is 0 Å². The first-order valence-corrected chi connectivity index (χ1v) is 18.5. The minimum atomic E-state index is -0.578. The summed E-state index contributed by atoms with van der Waals surface area (Å²) in [5, 5.41) is 25.1. The molecule has 51 heavy (non-hydrogen) atoms. The summed E-state index contributed by atoms with van der Waals surface area (Å²) in [7, 11) is 0. The summed E-state index contributed by atoms with van der Waals surface area (Å²) < 4.78 is 0. The molecule has 1 saturated carbocycles. The van der Waals surface area contributed by atoms with Crippen LogP contribution in [0.3, 0.4) is 0 Å². The molecular weight excluding hydrogens is 646 g/mol. The van der Waals surface area contributed by atoms with Crippen molar-refractivity contribution in [2.24, 2.45) is 23.7 Å². The van der Waals surface area contributed by atoms with E-state index in [1.165, 1.54) is 19.6 Å². The lowest BCUT2D eigenvalue weighted by molar-refractivity contribution is -0.136. The topological polar surface area (TPSA) is 137 Å². The first kappa shape index (κ1) is 31.0. The number of nitrogens with zero attached hydrogens (tertiary/aromatic N) is 7. The van der Waals surface area contributed by atoms with Crippen LogP contribution >= 0.6 is 0 Å². The number of anilines is 3. The van der Waals surface area contributed by atoms with E-state index in [0.29, 0.717) is 41.7 Å². The molecule has 2 aromatic carbocycles. The summed E-state index contributed by atoms with van der Waals surface area (Å²) in [5.41, 5.74) is 5.19. The Kier molecular flexibility index (Phi) is 7.25. The highest BCUT2D eigenvalue weighted by Crippen LogP contribution is 2.52. The molecule has 10 rings (SSSR count). The Morgan fingerprint density at radius 2 is 1.69 bits per heavy atom. The fraction of sp³-hybridized carbons (Fsp3) is 0.500. The van der Waals surface area contributed by atoms with Gasteiger partial charge in [-0.3, -0.25) is 24.6 Å². The Labute approximate surface area is 296 Å². The molecule has 4 saturated heterocycles. The average Bonchev–Trinajstić information content (AvgIpc) is 3.39. The third-order valence-electron chi connectivity index (χ3n) is 12.6. The first-order chi connectivity index (χ1) is 24.9. The van der Waals surface area contributed by atoms with E-state index in [9.17, 15) is 19.5 Å². The third-order valence-corrected chi connectivity index (χ3v) is 12.6. The largest absolute Gasteiger partial charge is 0.507 e. The number of nitrogens with one attached hydrogen (secondary N) is 2. The summed E-state index contributed by atoms with van der Waals surface area (Å²) in [4.78, 5) is 49.1. The van der Waals surface area contributed by atoms with Crippen LogP contribution in [0.1, 0.15) is 28.8 Å². The number of fused-ring (bicyclic) bond motifs is 5. The van der Waals surface area contributed by atoms with Crippen molar-refractivity contribution in [3.8, 4) is 17.0 Å². The average molecular weight is 690 g/mol. The number of carbonyl (C=O) groups is 3. The van der Waals surface area contributed by atoms with E-state index in [0.717, 1.165) is 86.3 Å². The number of imide groups is 1. The van der Waals surface area contributed by atoms with Crippen LogP contribution in [0.5, 0.6) is 5.75 Å². The van der Waals surface area contributed by atoms with E-state index in [-0.39, 0.29) is 29.9 Å². The maximum Gasteiger partial charge on any atom is 0.255 e. The number of carbonyl (C=O) groups excluding carboxylic acids is 3. The Morgan fingerprint density at radius 3 is 2.51 bits per heavy atom. The molecule has 0 radical (unpaired) electrons. The molecule has 1 aromatic heterocycles. The number of likely N-dealkylation sites (tertiary alicyclic amines) is 1. The summed E-state index contributed by atoms with van der Waals surface area (Å²) >= 11 is 0. The Bertz CT molecular complexity index is 1920. The van der Waals surface area contributed by atoms with Crippen molar-refractivity contribution in [2.45, 2.75) is 31.5 Å². The molecular formula is C38H43N9O4. The minimum Gasteiger partial charge on any atom is -0.507 e. The quantitative estimate of drug-likeness (QED) is 0.314. The first-order valence-electron chi connectivity index (χ1n) is 18.5. The zero-order chi connectivity index (χ0) is 34.4. The van der Waals surface area contributed by atoms with Crippen molar-refractivity contribution in [3.05, 3.63) is 59.7 Å². The van der Waals surface area contributed by atoms with Crippen LogP contribution in [0, 0.1) is 23.7 Å². The predicted molar refractivity (Wildman–Crippen MR) is 190 cm³/mol. The SMILES string of the molecule is O=C1CCC(N2Cc3ccc(N4CC(CN5C[C@@H]6C(CN7CCN8c9cc(-c%10ccccc%10O)nnc9NC[C@H]8C7)[C@@H]6C5)C4)cc3C2=O)C(=O)N1. The van der Waals surface area contributed by atoms with Crippen molar-refractivity contribution in [1.29, 1.82) is 0 Å². The van der Waals surface area contributed by atoms with Gasteiger partial charge in [0.2, 0.25) is 11.8 Å². The molecule has 5 fully saturated rings. The van der Waals surface area contributed by atoms with Gasteiger partial charge in [0.15, 0.2) is 5.82 Å². The van der Waals surface area contributed by atoms with Gasteiger partial charge < -0.3 is 30.0 Å². The molecule has 1 aliphatic carbocycles. The van der Waals surface area contributed by atoms with Crippen LogP contribution < -0.4 is 20.4 Å². The number of hydrogen-bond donors (Lipinski definition) is 3. The number of aromatic hydroxyl groups is 1. The second-order valence-corrected chi connectivity index (χ2v) is 15.7. The lowest BCUT2D eigenvalue weighted by Gasteiger charge is -2.46. The van der Waals surface area contributed by atoms with Crippen LogP contribution in [0.15, 0.2) is 48.5 Å². The summed E-state index contributed by atoms with van der Waals surface area (Å²) in [6, 6.07) is 15.3. The molecule has 3 aromatic rings. The van der Waals surface area contributed by atoms with Gasteiger partial charge in [-0.2, -0.15) is 0 Å². The minimum absolute atomic E-state index is 0.110. The number of phenols is 1. The van der Waals surface area contributed by atoms with E-state index in [1.807, 2.05) is 30.3 Å². The van der Waals surface area contributed by atoms with Gasteiger partial charge >= 0.3 is 0 Å². The second-order valence-electron chi connectivity index (χ2n) is 15.7. The van der Waals surface area contributed by atoms with Gasteiger partial charge in [0, 0.05) is 101 Å². The van der Waals surface area contributed by atoms with Crippen molar-refractivity contribution >= 4 is 34.9 Å². The monoisotopic (exact) mass is 689 g/mol. The number of piperidine rings is 2. The Morgan fingerprint density at radius 1 is 0.843 bits per heavy atom. The maximum atomic E-state index is 13.3. The van der Waals surface area contributed by atoms with E-state index in [1.54, 1.807) is 11.0 Å². The predicted octanol–water partition coefficient (Wildman–Crippen LogP) is 1.84. The van der Waals surface area contributed by atoms with Gasteiger partial charge in [-0.15, -0.1) is 10.2 Å². The smallest absolute Gasteiger partial charge is 0.255 e. The van der Waals surface area contributed by atoms with Crippen LogP contribution in [0.4, 0.5) is 17.2 Å². The van der Waals surface area contributed by atoms with Crippen molar-refractivity contribution in [2.75, 3.05) is 80.6 Å². The number of hydrogen-bond acceptors (Lipinski definition) is 11. The Balaban J connectivity index is 0.688. The molecule has 5 atom stereocenters. The molecule has 0 spiro atoms. The molecule has 7 heterocycles. The summed E-state index contributed by atoms with van der Waals surface area (Å²) in [6.07, 6.45) is 0.651. The molecule has 13 nitrogen and oxygen atoms in total. The molecule has 0 bridgehead atoms. The standard InChI is InChI=1S/C38H43N9O4/c48-34-4-2-1-3-26(34)31-12-33-36(42-41-31)39-13-25-18-43(9-10-46(25)33)19-28-29-20-44(21-30(28)29)14-22-15-45(16-22)24-6-5-23-17-47(38(51)27(23)11-24)32-7-8-35(49)40-37(32)50/h1-6,11-12,22,25,28-30,32,48H,7-10,13-21H2,(H,39,42)(H,40,49,50)/t25-,28?,29-,30+,32?/m0/s1. The highest BCUT2D eigenvalue weighted by Gasteiger charge is 2.56. The number of rotatable bonds is 7. The number of amides is 3. The number of aromatic nitrogens is 2. The maximum absolute atomic E-state index is 13.3. The highest BCUT2D eigenvalue weighted by atomic mass is 16.3. The van der Waals surface area contributed by atoms with E-state index in [2.05, 4.69) is 52.6 Å². The number of benzene rings is 2. The molecule has 264 valence electrons. The van der Waals surface area contributed by atoms with Crippen LogP contribution in [-0.2, 0) is 16.1 Å². The lowest BCUT2D eigenvalue weighted by Crippen LogP contribution is -2.58. The van der Waals surface area contributed by atoms with Crippen molar-refractivity contribution < 1.29 is 19.5 Å². The molecule has 3 N–H and O–H groups in total.